The Balaban J connectivity index is 1.38. The Morgan fingerprint density at radius 1 is 0.974 bits per heavy atom. The minimum Gasteiger partial charge on any atom is -0.495 e. The van der Waals surface area contributed by atoms with Gasteiger partial charge in [-0.1, -0.05) is 35.3 Å². The van der Waals surface area contributed by atoms with Gasteiger partial charge in [-0.05, 0) is 72.5 Å². The fourth-order valence-corrected chi connectivity index (χ4v) is 5.92. The molecule has 206 valence electrons. The molecule has 12 heteroatoms. The molecule has 0 saturated heterocycles. The van der Waals surface area contributed by atoms with Crippen molar-refractivity contribution in [3.8, 4) is 5.75 Å². The number of benzene rings is 3. The van der Waals surface area contributed by atoms with Gasteiger partial charge in [0.15, 0.2) is 0 Å². The van der Waals surface area contributed by atoms with Crippen LogP contribution in [0.5, 0.6) is 5.75 Å². The lowest BCUT2D eigenvalue weighted by Gasteiger charge is -2.28. The van der Waals surface area contributed by atoms with Crippen LogP contribution in [-0.4, -0.2) is 38.9 Å². The Kier molecular flexibility index (Phi) is 8.58. The molecule has 39 heavy (non-hydrogen) atoms. The fraction of sp³-hybridized carbons (Fsp3) is 0.259. The van der Waals surface area contributed by atoms with E-state index >= 15 is 0 Å². The first kappa shape index (κ1) is 28.5. The molecule has 0 aliphatic carbocycles. The van der Waals surface area contributed by atoms with E-state index in [9.17, 15) is 18.0 Å². The Hall–Kier alpha value is -3.47. The third-order valence-corrected chi connectivity index (χ3v) is 8.73. The van der Waals surface area contributed by atoms with E-state index in [2.05, 4.69) is 15.4 Å². The van der Waals surface area contributed by atoms with Crippen molar-refractivity contribution in [3.05, 3.63) is 81.3 Å². The molecule has 0 aromatic heterocycles. The highest BCUT2D eigenvalue weighted by molar-refractivity contribution is 7.92. The lowest BCUT2D eigenvalue weighted by molar-refractivity contribution is -0.129. The molecule has 0 saturated carbocycles. The van der Waals surface area contributed by atoms with Crippen molar-refractivity contribution in [1.82, 2.24) is 10.2 Å². The molecule has 4 rings (SSSR count). The van der Waals surface area contributed by atoms with Crippen molar-refractivity contribution in [2.45, 2.75) is 37.8 Å². The molecule has 3 aromatic carbocycles. The van der Waals surface area contributed by atoms with E-state index in [1.54, 1.807) is 36.1 Å². The summed E-state index contributed by atoms with van der Waals surface area (Å²) in [4.78, 5) is 26.0. The molecular formula is C27H28Cl2N4O5S. The van der Waals surface area contributed by atoms with E-state index in [1.165, 1.54) is 38.3 Å². The van der Waals surface area contributed by atoms with Crippen LogP contribution in [0.1, 0.15) is 36.6 Å². The van der Waals surface area contributed by atoms with Crippen molar-refractivity contribution < 1.29 is 22.7 Å². The Bertz CT molecular complexity index is 1510. The summed E-state index contributed by atoms with van der Waals surface area (Å²) in [5.41, 5.74) is 3.47. The number of fused-ring (bicyclic) bond motifs is 1. The first-order valence-corrected chi connectivity index (χ1v) is 14.3. The number of rotatable bonds is 7. The molecule has 0 radical (unpaired) electrons. The molecule has 0 bridgehead atoms. The molecule has 9 nitrogen and oxygen atoms in total. The van der Waals surface area contributed by atoms with Crippen molar-refractivity contribution >= 4 is 56.5 Å². The number of carbonyl (C=O) groups excluding carboxylic acids is 2. The van der Waals surface area contributed by atoms with Gasteiger partial charge in [0.1, 0.15) is 10.8 Å². The van der Waals surface area contributed by atoms with Crippen LogP contribution in [0.15, 0.2) is 59.5 Å². The van der Waals surface area contributed by atoms with Gasteiger partial charge in [0.25, 0.3) is 10.0 Å². The molecule has 1 atom stereocenters. The zero-order valence-electron chi connectivity index (χ0n) is 21.5. The number of hydrogen-bond donors (Lipinski definition) is 3. The molecule has 3 amide bonds. The van der Waals surface area contributed by atoms with E-state index in [-0.39, 0.29) is 20.8 Å². The predicted octanol–water partition coefficient (Wildman–Crippen LogP) is 5.59. The molecule has 0 spiro atoms. The summed E-state index contributed by atoms with van der Waals surface area (Å²) < 4.78 is 33.7. The van der Waals surface area contributed by atoms with Gasteiger partial charge in [-0.25, -0.2) is 13.2 Å². The zero-order chi connectivity index (χ0) is 28.3. The van der Waals surface area contributed by atoms with Crippen LogP contribution < -0.4 is 20.1 Å². The molecule has 1 heterocycles. The second kappa shape index (κ2) is 11.7. The number of anilines is 2. The Morgan fingerprint density at radius 3 is 2.33 bits per heavy atom. The minimum atomic E-state index is -3.86. The summed E-state index contributed by atoms with van der Waals surface area (Å²) in [5.74, 6) is 0.445. The number of halogens is 2. The smallest absolute Gasteiger partial charge is 0.319 e. The van der Waals surface area contributed by atoms with Crippen molar-refractivity contribution in [2.24, 2.45) is 0 Å². The molecule has 0 unspecified atom stereocenters. The number of nitrogens with one attached hydrogen (secondary N) is 3. The van der Waals surface area contributed by atoms with Gasteiger partial charge in [-0.15, -0.1) is 0 Å². The monoisotopic (exact) mass is 590 g/mol. The largest absolute Gasteiger partial charge is 0.495 e. The van der Waals surface area contributed by atoms with Gasteiger partial charge in [-0.2, -0.15) is 0 Å². The quantitative estimate of drug-likeness (QED) is 0.331. The van der Waals surface area contributed by atoms with Crippen molar-refractivity contribution in [1.29, 1.82) is 0 Å². The van der Waals surface area contributed by atoms with E-state index < -0.39 is 22.1 Å². The summed E-state index contributed by atoms with van der Waals surface area (Å²) in [6, 6.07) is 13.5. The average Bonchev–Trinajstić information content (AvgIpc) is 2.89. The average molecular weight is 592 g/mol. The maximum Gasteiger partial charge on any atom is 0.319 e. The number of hydrogen-bond acceptors (Lipinski definition) is 5. The second-order valence-corrected chi connectivity index (χ2v) is 11.5. The summed E-state index contributed by atoms with van der Waals surface area (Å²) >= 11 is 12.5. The highest BCUT2D eigenvalue weighted by Gasteiger charge is 2.21. The SMILES string of the molecule is COc1ccc([C@H](C)NC(=O)Nc2ccc(S(=O)(=O)Nc3ccc4c(c3)CCN(C(C)=O)C4)cc2)c(Cl)c1Cl. The van der Waals surface area contributed by atoms with Crippen LogP contribution in [0.25, 0.3) is 0 Å². The van der Waals surface area contributed by atoms with Gasteiger partial charge in [0.2, 0.25) is 5.91 Å². The number of methoxy groups -OCH3 is 1. The number of nitrogens with zero attached hydrogens (tertiary/aromatic N) is 1. The van der Waals surface area contributed by atoms with Gasteiger partial charge < -0.3 is 20.3 Å². The molecule has 1 aliphatic rings. The van der Waals surface area contributed by atoms with Crippen LogP contribution in [-0.2, 0) is 27.8 Å². The van der Waals surface area contributed by atoms with Crippen molar-refractivity contribution in [3.63, 3.8) is 0 Å². The lowest BCUT2D eigenvalue weighted by atomic mass is 9.99. The van der Waals surface area contributed by atoms with E-state index in [4.69, 9.17) is 27.9 Å². The molecule has 3 aromatic rings. The summed E-state index contributed by atoms with van der Waals surface area (Å²) in [6.07, 6.45) is 0.656. The maximum atomic E-state index is 13.0. The van der Waals surface area contributed by atoms with Gasteiger partial charge in [0.05, 0.1) is 23.1 Å². The van der Waals surface area contributed by atoms with Gasteiger partial charge >= 0.3 is 6.03 Å². The summed E-state index contributed by atoms with van der Waals surface area (Å²) in [6.45, 7) is 4.40. The van der Waals surface area contributed by atoms with E-state index in [0.717, 1.165) is 11.1 Å². The normalized spacial score (nSPS) is 13.7. The highest BCUT2D eigenvalue weighted by atomic mass is 35.5. The predicted molar refractivity (Wildman–Crippen MR) is 152 cm³/mol. The second-order valence-electron chi connectivity index (χ2n) is 9.11. The van der Waals surface area contributed by atoms with Crippen LogP contribution in [0, 0.1) is 0 Å². The number of ether oxygens (including phenoxy) is 1. The van der Waals surface area contributed by atoms with Crippen LogP contribution in [0.4, 0.5) is 16.2 Å². The first-order chi connectivity index (χ1) is 18.5. The Morgan fingerprint density at radius 2 is 1.67 bits per heavy atom. The standard InChI is InChI=1S/C27H28Cl2N4O5S/c1-16(23-10-11-24(38-3)26(29)25(23)28)30-27(35)31-20-6-8-22(9-7-20)39(36,37)32-21-5-4-19-15-33(17(2)34)13-12-18(19)14-21/h4-11,14,16,32H,12-13,15H2,1-3H3,(H2,30,31,35)/t16-/m0/s1. The van der Waals surface area contributed by atoms with E-state index in [0.29, 0.717) is 42.2 Å². The lowest BCUT2D eigenvalue weighted by Crippen LogP contribution is -2.34. The number of carbonyl (C=O) groups is 2. The third-order valence-electron chi connectivity index (χ3n) is 6.45. The topological polar surface area (TPSA) is 117 Å². The highest BCUT2D eigenvalue weighted by Crippen LogP contribution is 2.37. The van der Waals surface area contributed by atoms with E-state index in [1.807, 2.05) is 6.07 Å². The van der Waals surface area contributed by atoms with Gasteiger partial charge in [-0.3, -0.25) is 9.52 Å². The third kappa shape index (κ3) is 6.58. The van der Waals surface area contributed by atoms with Gasteiger partial charge in [0, 0.05) is 31.4 Å². The number of urea groups is 1. The van der Waals surface area contributed by atoms with Crippen molar-refractivity contribution in [2.75, 3.05) is 23.7 Å². The first-order valence-electron chi connectivity index (χ1n) is 12.1. The molecule has 3 N–H and O–H groups in total. The zero-order valence-corrected chi connectivity index (χ0v) is 23.9. The number of sulfonamides is 1. The summed E-state index contributed by atoms with van der Waals surface area (Å²) in [5, 5.41) is 5.99. The van der Waals surface area contributed by atoms with Crippen LogP contribution >= 0.6 is 23.2 Å². The molecule has 0 fully saturated rings. The molecule has 1 aliphatic heterocycles. The minimum absolute atomic E-state index is 0.0157. The summed E-state index contributed by atoms with van der Waals surface area (Å²) in [7, 11) is -2.38. The maximum absolute atomic E-state index is 13.0. The Labute approximate surface area is 237 Å². The number of amides is 3. The van der Waals surface area contributed by atoms with Crippen LogP contribution in [0.3, 0.4) is 0 Å². The fourth-order valence-electron chi connectivity index (χ4n) is 4.30. The molecular weight excluding hydrogens is 563 g/mol. The van der Waals surface area contributed by atoms with Crippen LogP contribution in [0.2, 0.25) is 10.0 Å².